The van der Waals surface area contributed by atoms with Crippen LogP contribution in [0.15, 0.2) is 0 Å². The molecule has 1 aliphatic rings. The maximum atomic E-state index is 11.6. The molecule has 0 radical (unpaired) electrons. The van der Waals surface area contributed by atoms with Crippen LogP contribution >= 0.6 is 11.8 Å². The lowest BCUT2D eigenvalue weighted by molar-refractivity contribution is -0.119. The Balaban J connectivity index is 2.17. The molecule has 82 valence electrons. The minimum absolute atomic E-state index is 0.492. The molecule has 1 saturated carbocycles. The third-order valence-corrected chi connectivity index (χ3v) is 3.69. The Bertz CT molecular complexity index is 160. The smallest absolute Gasteiger partial charge is 0.134 e. The Hall–Kier alpha value is 0.0200. The van der Waals surface area contributed by atoms with E-state index in [0.29, 0.717) is 11.7 Å². The summed E-state index contributed by atoms with van der Waals surface area (Å²) in [5, 5.41) is 0. The lowest BCUT2D eigenvalue weighted by Crippen LogP contribution is -2.08. The van der Waals surface area contributed by atoms with Crippen LogP contribution in [-0.2, 0) is 4.79 Å². The average Bonchev–Trinajstić information content (AvgIpc) is 2.43. The Morgan fingerprint density at radius 3 is 2.43 bits per heavy atom. The summed E-state index contributed by atoms with van der Waals surface area (Å²) >= 11 is 1.78. The van der Waals surface area contributed by atoms with Gasteiger partial charge in [0.2, 0.25) is 0 Å². The fourth-order valence-electron chi connectivity index (χ4n) is 2.21. The van der Waals surface area contributed by atoms with Crippen LogP contribution in [0.3, 0.4) is 0 Å². The van der Waals surface area contributed by atoms with Gasteiger partial charge in [0.15, 0.2) is 0 Å². The Morgan fingerprint density at radius 2 is 1.86 bits per heavy atom. The first-order valence-corrected chi connectivity index (χ1v) is 7.23. The van der Waals surface area contributed by atoms with Crippen LogP contribution in [0.2, 0.25) is 0 Å². The molecule has 0 aliphatic heterocycles. The molecule has 1 fully saturated rings. The zero-order valence-electron chi connectivity index (χ0n) is 9.26. The van der Waals surface area contributed by atoms with Gasteiger partial charge in [0.05, 0.1) is 0 Å². The molecular weight excluding hydrogens is 192 g/mol. The minimum atomic E-state index is 0.492. The van der Waals surface area contributed by atoms with E-state index in [9.17, 15) is 4.79 Å². The van der Waals surface area contributed by atoms with Crippen LogP contribution in [0.4, 0.5) is 0 Å². The van der Waals surface area contributed by atoms with Gasteiger partial charge in [-0.1, -0.05) is 38.5 Å². The van der Waals surface area contributed by atoms with Crippen molar-refractivity contribution in [2.45, 2.75) is 51.4 Å². The molecule has 1 aliphatic carbocycles. The maximum absolute atomic E-state index is 11.6. The van der Waals surface area contributed by atoms with E-state index < -0.39 is 0 Å². The molecule has 0 unspecified atom stereocenters. The zero-order chi connectivity index (χ0) is 10.2. The molecule has 0 atom stereocenters. The highest BCUT2D eigenvalue weighted by Gasteiger charge is 2.15. The van der Waals surface area contributed by atoms with E-state index in [1.165, 1.54) is 38.5 Å². The van der Waals surface area contributed by atoms with Crippen LogP contribution < -0.4 is 0 Å². The highest BCUT2D eigenvalue weighted by molar-refractivity contribution is 7.98. The van der Waals surface area contributed by atoms with Crippen molar-refractivity contribution in [1.82, 2.24) is 0 Å². The summed E-state index contributed by atoms with van der Waals surface area (Å²) < 4.78 is 0. The fraction of sp³-hybridized carbons (Fsp3) is 0.917. The van der Waals surface area contributed by atoms with Gasteiger partial charge in [-0.3, -0.25) is 4.79 Å². The zero-order valence-corrected chi connectivity index (χ0v) is 10.1. The number of carbonyl (C=O) groups is 1. The summed E-state index contributed by atoms with van der Waals surface area (Å²) in [6.45, 7) is 0. The van der Waals surface area contributed by atoms with E-state index in [1.807, 2.05) is 0 Å². The Kier molecular flexibility index (Phi) is 6.33. The van der Waals surface area contributed by atoms with E-state index in [0.717, 1.165) is 18.6 Å². The minimum Gasteiger partial charge on any atom is -0.300 e. The molecule has 0 aromatic heterocycles. The molecule has 0 bridgehead atoms. The van der Waals surface area contributed by atoms with Crippen molar-refractivity contribution in [3.8, 4) is 0 Å². The second-order valence-corrected chi connectivity index (χ2v) is 5.33. The summed E-state index contributed by atoms with van der Waals surface area (Å²) in [5.74, 6) is 2.21. The SMILES string of the molecule is CSCCC(=O)CC1CCCCCC1. The molecule has 1 rings (SSSR count). The molecule has 0 saturated heterocycles. The van der Waals surface area contributed by atoms with E-state index in [2.05, 4.69) is 6.26 Å². The summed E-state index contributed by atoms with van der Waals surface area (Å²) in [7, 11) is 0. The van der Waals surface area contributed by atoms with Crippen molar-refractivity contribution < 1.29 is 4.79 Å². The summed E-state index contributed by atoms with van der Waals surface area (Å²) in [5.41, 5.74) is 0. The number of thioether (sulfide) groups is 1. The second-order valence-electron chi connectivity index (χ2n) is 4.34. The van der Waals surface area contributed by atoms with Gasteiger partial charge >= 0.3 is 0 Å². The van der Waals surface area contributed by atoms with Crippen molar-refractivity contribution in [2.24, 2.45) is 5.92 Å². The third-order valence-electron chi connectivity index (χ3n) is 3.08. The molecule has 0 spiro atoms. The summed E-state index contributed by atoms with van der Waals surface area (Å²) in [6.07, 6.45) is 11.8. The van der Waals surface area contributed by atoms with Crippen LogP contribution in [-0.4, -0.2) is 17.8 Å². The lowest BCUT2D eigenvalue weighted by atomic mass is 9.94. The van der Waals surface area contributed by atoms with Crippen LogP contribution in [0.5, 0.6) is 0 Å². The van der Waals surface area contributed by atoms with Gasteiger partial charge in [0, 0.05) is 12.8 Å². The van der Waals surface area contributed by atoms with Crippen molar-refractivity contribution in [2.75, 3.05) is 12.0 Å². The average molecular weight is 214 g/mol. The van der Waals surface area contributed by atoms with Crippen molar-refractivity contribution >= 4 is 17.5 Å². The van der Waals surface area contributed by atoms with E-state index in [1.54, 1.807) is 11.8 Å². The lowest BCUT2D eigenvalue weighted by Gasteiger charge is -2.12. The second kappa shape index (κ2) is 7.33. The monoisotopic (exact) mass is 214 g/mol. The number of carbonyl (C=O) groups excluding carboxylic acids is 1. The molecule has 2 heteroatoms. The maximum Gasteiger partial charge on any atom is 0.134 e. The molecule has 0 heterocycles. The van der Waals surface area contributed by atoms with Gasteiger partial charge in [-0.05, 0) is 17.9 Å². The summed E-state index contributed by atoms with van der Waals surface area (Å²) in [6, 6.07) is 0. The van der Waals surface area contributed by atoms with E-state index in [4.69, 9.17) is 0 Å². The molecule has 0 N–H and O–H groups in total. The number of rotatable bonds is 5. The molecule has 1 nitrogen and oxygen atoms in total. The molecule has 0 amide bonds. The van der Waals surface area contributed by atoms with Crippen molar-refractivity contribution in [3.63, 3.8) is 0 Å². The van der Waals surface area contributed by atoms with Gasteiger partial charge < -0.3 is 0 Å². The highest BCUT2D eigenvalue weighted by Crippen LogP contribution is 2.25. The van der Waals surface area contributed by atoms with Crippen LogP contribution in [0.25, 0.3) is 0 Å². The van der Waals surface area contributed by atoms with Gasteiger partial charge in [0.25, 0.3) is 0 Å². The Labute approximate surface area is 92.0 Å². The third kappa shape index (κ3) is 5.04. The van der Waals surface area contributed by atoms with Gasteiger partial charge in [-0.25, -0.2) is 0 Å². The van der Waals surface area contributed by atoms with E-state index >= 15 is 0 Å². The van der Waals surface area contributed by atoms with Crippen LogP contribution in [0.1, 0.15) is 51.4 Å². The van der Waals surface area contributed by atoms with E-state index in [-0.39, 0.29) is 0 Å². The molecule has 0 aromatic carbocycles. The largest absolute Gasteiger partial charge is 0.300 e. The predicted molar refractivity (Wildman–Crippen MR) is 63.8 cm³/mol. The topological polar surface area (TPSA) is 17.1 Å². The number of Topliss-reactive ketones (excluding diaryl/α,β-unsaturated/α-hetero) is 1. The first-order chi connectivity index (χ1) is 6.83. The molecule has 14 heavy (non-hydrogen) atoms. The standard InChI is InChI=1S/C12H22OS/c1-14-9-8-12(13)10-11-6-4-2-3-5-7-11/h11H,2-10H2,1H3. The Morgan fingerprint density at radius 1 is 1.21 bits per heavy atom. The van der Waals surface area contributed by atoms with Gasteiger partial charge in [0.1, 0.15) is 5.78 Å². The van der Waals surface area contributed by atoms with Crippen molar-refractivity contribution in [1.29, 1.82) is 0 Å². The van der Waals surface area contributed by atoms with Gasteiger partial charge in [-0.2, -0.15) is 11.8 Å². The fourth-order valence-corrected chi connectivity index (χ4v) is 2.64. The predicted octanol–water partition coefficient (Wildman–Crippen LogP) is 3.67. The normalized spacial score (nSPS) is 19.2. The number of ketones is 1. The summed E-state index contributed by atoms with van der Waals surface area (Å²) in [4.78, 5) is 11.6. The molecular formula is C12H22OS. The number of hydrogen-bond donors (Lipinski definition) is 0. The number of hydrogen-bond acceptors (Lipinski definition) is 2. The van der Waals surface area contributed by atoms with Crippen LogP contribution in [0, 0.1) is 5.92 Å². The quantitative estimate of drug-likeness (QED) is 0.650. The highest BCUT2D eigenvalue weighted by atomic mass is 32.2. The first-order valence-electron chi connectivity index (χ1n) is 5.83. The first kappa shape index (κ1) is 12.1. The van der Waals surface area contributed by atoms with Gasteiger partial charge in [-0.15, -0.1) is 0 Å². The van der Waals surface area contributed by atoms with Crippen molar-refractivity contribution in [3.05, 3.63) is 0 Å². The molecule has 0 aromatic rings.